The normalized spacial score (nSPS) is 16.3. The predicted octanol–water partition coefficient (Wildman–Crippen LogP) is 3.28. The summed E-state index contributed by atoms with van der Waals surface area (Å²) >= 11 is 6.05. The number of hydrogen-bond acceptors (Lipinski definition) is 6. The van der Waals surface area contributed by atoms with Crippen molar-refractivity contribution in [3.8, 4) is 0 Å². The van der Waals surface area contributed by atoms with E-state index in [-0.39, 0.29) is 5.03 Å². The van der Waals surface area contributed by atoms with Crippen molar-refractivity contribution >= 4 is 32.8 Å². The van der Waals surface area contributed by atoms with Gasteiger partial charge in [-0.1, -0.05) is 11.6 Å². The first-order valence-electron chi connectivity index (χ1n) is 9.95. The van der Waals surface area contributed by atoms with Gasteiger partial charge >= 0.3 is 0 Å². The van der Waals surface area contributed by atoms with Gasteiger partial charge in [-0.3, -0.25) is 4.90 Å². The number of pyridine rings is 2. The summed E-state index contributed by atoms with van der Waals surface area (Å²) in [5.74, 6) is 0. The molecule has 4 rings (SSSR count). The molecule has 30 heavy (non-hydrogen) atoms. The van der Waals surface area contributed by atoms with Gasteiger partial charge in [-0.05, 0) is 45.0 Å². The number of halogens is 1. The van der Waals surface area contributed by atoms with Crippen molar-refractivity contribution < 1.29 is 8.42 Å². The van der Waals surface area contributed by atoms with Gasteiger partial charge in [-0.25, -0.2) is 18.4 Å². The van der Waals surface area contributed by atoms with Crippen molar-refractivity contribution in [3.05, 3.63) is 53.6 Å². The van der Waals surface area contributed by atoms with Gasteiger partial charge in [0.25, 0.3) is 0 Å². The first-order valence-corrected chi connectivity index (χ1v) is 11.8. The van der Waals surface area contributed by atoms with Crippen LogP contribution in [-0.4, -0.2) is 58.6 Å². The van der Waals surface area contributed by atoms with Gasteiger partial charge in [0.15, 0.2) is 14.9 Å². The van der Waals surface area contributed by atoms with Crippen molar-refractivity contribution in [3.63, 3.8) is 0 Å². The minimum Gasteiger partial charge on any atom is -0.368 e. The number of imidazole rings is 1. The fourth-order valence-corrected chi connectivity index (χ4v) is 4.75. The van der Waals surface area contributed by atoms with Crippen molar-refractivity contribution in [2.24, 2.45) is 0 Å². The number of nitrogens with zero attached hydrogens (tertiary/aromatic N) is 5. The highest BCUT2D eigenvalue weighted by Gasteiger charge is 2.32. The number of rotatable bonds is 4. The molecule has 1 fully saturated rings. The van der Waals surface area contributed by atoms with E-state index in [2.05, 4.69) is 19.8 Å². The number of hydrogen-bond donors (Lipinski definition) is 0. The number of sulfone groups is 1. The van der Waals surface area contributed by atoms with E-state index in [4.69, 9.17) is 11.6 Å². The first-order chi connectivity index (χ1) is 14.1. The Balaban J connectivity index is 1.38. The highest BCUT2D eigenvalue weighted by atomic mass is 35.5. The van der Waals surface area contributed by atoms with Crippen molar-refractivity contribution in [2.75, 3.05) is 31.1 Å². The fraction of sp³-hybridized carbons (Fsp3) is 0.429. The maximum Gasteiger partial charge on any atom is 0.200 e. The second-order valence-corrected chi connectivity index (χ2v) is 11.7. The lowest BCUT2D eigenvalue weighted by atomic mass is 10.2. The van der Waals surface area contributed by atoms with E-state index in [1.54, 1.807) is 33.0 Å². The summed E-state index contributed by atoms with van der Waals surface area (Å²) in [6, 6.07) is 7.23. The summed E-state index contributed by atoms with van der Waals surface area (Å²) in [5, 5.41) is 0.819. The highest BCUT2D eigenvalue weighted by Crippen LogP contribution is 2.25. The molecule has 0 amide bonds. The van der Waals surface area contributed by atoms with Crippen LogP contribution in [-0.2, 0) is 16.4 Å². The Morgan fingerprint density at radius 1 is 1.03 bits per heavy atom. The Labute approximate surface area is 182 Å². The zero-order chi connectivity index (χ0) is 21.5. The molecule has 0 bridgehead atoms. The molecule has 1 saturated heterocycles. The third kappa shape index (κ3) is 4.17. The Bertz CT molecular complexity index is 1140. The summed E-state index contributed by atoms with van der Waals surface area (Å²) in [5.41, 5.74) is 2.86. The molecule has 0 saturated carbocycles. The zero-order valence-corrected chi connectivity index (χ0v) is 19.0. The van der Waals surface area contributed by atoms with Crippen LogP contribution in [0.1, 0.15) is 26.5 Å². The van der Waals surface area contributed by atoms with Crippen LogP contribution in [0.15, 0.2) is 47.9 Å². The first kappa shape index (κ1) is 21.1. The standard InChI is InChI=1S/C21H26ClN5O2S/c1-21(2,3)30(28,29)20-7-5-18(12-23-20)26-10-8-25(9-11-26)14-17-15-27-13-16(22)4-6-19(27)24-17/h4-7,12-13,15H,8-11,14H2,1-3H3. The minimum atomic E-state index is -3.44. The molecule has 160 valence electrons. The molecule has 9 heteroatoms. The summed E-state index contributed by atoms with van der Waals surface area (Å²) in [6.07, 6.45) is 5.55. The summed E-state index contributed by atoms with van der Waals surface area (Å²) < 4.78 is 26.2. The third-order valence-corrected chi connectivity index (χ3v) is 8.02. The van der Waals surface area contributed by atoms with E-state index in [1.165, 1.54) is 0 Å². The zero-order valence-electron chi connectivity index (χ0n) is 17.4. The molecule has 1 aliphatic heterocycles. The monoisotopic (exact) mass is 447 g/mol. The second kappa shape index (κ2) is 7.83. The predicted molar refractivity (Wildman–Crippen MR) is 119 cm³/mol. The maximum absolute atomic E-state index is 12.5. The van der Waals surface area contributed by atoms with Crippen LogP contribution in [0.5, 0.6) is 0 Å². The SMILES string of the molecule is CC(C)(C)S(=O)(=O)c1ccc(N2CCN(Cc3cn4cc(Cl)ccc4n3)CC2)cn1. The Hall–Kier alpha value is -2.16. The maximum atomic E-state index is 12.5. The molecular formula is C21H26ClN5O2S. The van der Waals surface area contributed by atoms with E-state index >= 15 is 0 Å². The van der Waals surface area contributed by atoms with Gasteiger partial charge in [0.1, 0.15) is 5.65 Å². The molecule has 1 aliphatic rings. The van der Waals surface area contributed by atoms with E-state index < -0.39 is 14.6 Å². The summed E-state index contributed by atoms with van der Waals surface area (Å²) in [6.45, 7) is 9.36. The molecule has 0 aliphatic carbocycles. The molecule has 0 spiro atoms. The van der Waals surface area contributed by atoms with E-state index in [1.807, 2.05) is 35.0 Å². The fourth-order valence-electron chi connectivity index (χ4n) is 3.52. The van der Waals surface area contributed by atoms with E-state index in [0.717, 1.165) is 49.8 Å². The van der Waals surface area contributed by atoms with Crippen LogP contribution in [0, 0.1) is 0 Å². The molecule has 4 heterocycles. The lowest BCUT2D eigenvalue weighted by molar-refractivity contribution is 0.247. The van der Waals surface area contributed by atoms with Crippen LogP contribution in [0.3, 0.4) is 0 Å². The molecule has 3 aromatic rings. The van der Waals surface area contributed by atoms with Gasteiger partial charge in [-0.2, -0.15) is 0 Å². The quantitative estimate of drug-likeness (QED) is 0.611. The molecule has 0 radical (unpaired) electrons. The Morgan fingerprint density at radius 3 is 2.40 bits per heavy atom. The van der Waals surface area contributed by atoms with Crippen molar-refractivity contribution in [1.82, 2.24) is 19.3 Å². The lowest BCUT2D eigenvalue weighted by Gasteiger charge is -2.35. The summed E-state index contributed by atoms with van der Waals surface area (Å²) in [7, 11) is -3.44. The van der Waals surface area contributed by atoms with Crippen molar-refractivity contribution in [1.29, 1.82) is 0 Å². The number of piperazine rings is 1. The van der Waals surface area contributed by atoms with Gasteiger partial charge in [-0.15, -0.1) is 0 Å². The second-order valence-electron chi connectivity index (χ2n) is 8.58. The van der Waals surface area contributed by atoms with Crippen LogP contribution < -0.4 is 4.90 Å². The molecule has 0 aromatic carbocycles. The van der Waals surface area contributed by atoms with Gasteiger partial charge in [0.05, 0.1) is 27.3 Å². The average molecular weight is 448 g/mol. The minimum absolute atomic E-state index is 0.129. The van der Waals surface area contributed by atoms with Gasteiger partial charge in [0, 0.05) is 45.1 Å². The van der Waals surface area contributed by atoms with Crippen molar-refractivity contribution in [2.45, 2.75) is 37.1 Å². The summed E-state index contributed by atoms with van der Waals surface area (Å²) in [4.78, 5) is 13.5. The van der Waals surface area contributed by atoms with Crippen LogP contribution in [0.4, 0.5) is 5.69 Å². The largest absolute Gasteiger partial charge is 0.368 e. The van der Waals surface area contributed by atoms with Crippen LogP contribution in [0.2, 0.25) is 5.02 Å². The van der Waals surface area contributed by atoms with Gasteiger partial charge < -0.3 is 9.30 Å². The smallest absolute Gasteiger partial charge is 0.200 e. The number of fused-ring (bicyclic) bond motifs is 1. The topological polar surface area (TPSA) is 70.8 Å². The molecular weight excluding hydrogens is 422 g/mol. The van der Waals surface area contributed by atoms with E-state index in [0.29, 0.717) is 5.02 Å². The molecule has 0 unspecified atom stereocenters. The average Bonchev–Trinajstić information content (AvgIpc) is 3.09. The Kier molecular flexibility index (Phi) is 5.50. The third-order valence-electron chi connectivity index (χ3n) is 5.39. The molecule has 3 aromatic heterocycles. The molecule has 0 atom stereocenters. The number of aromatic nitrogens is 3. The highest BCUT2D eigenvalue weighted by molar-refractivity contribution is 7.92. The number of anilines is 1. The molecule has 7 nitrogen and oxygen atoms in total. The molecule has 0 N–H and O–H groups in total. The van der Waals surface area contributed by atoms with Crippen LogP contribution in [0.25, 0.3) is 5.65 Å². The lowest BCUT2D eigenvalue weighted by Crippen LogP contribution is -2.46. The Morgan fingerprint density at radius 2 is 1.77 bits per heavy atom. The van der Waals surface area contributed by atoms with E-state index in [9.17, 15) is 8.42 Å². The van der Waals surface area contributed by atoms with Gasteiger partial charge in [0.2, 0.25) is 0 Å². The van der Waals surface area contributed by atoms with Crippen LogP contribution >= 0.6 is 11.6 Å².